The molecule has 2 atom stereocenters. The Kier molecular flexibility index (Phi) is 7.22. The molecule has 27 heavy (non-hydrogen) atoms. The largest absolute Gasteiger partial charge is 0.373 e. The van der Waals surface area contributed by atoms with E-state index in [4.69, 9.17) is 4.74 Å². The number of rotatable bonds is 6. The van der Waals surface area contributed by atoms with Crippen molar-refractivity contribution in [3.63, 3.8) is 0 Å². The molecule has 2 aromatic carbocycles. The smallest absolute Gasteiger partial charge is 0.190 e. The molecule has 144 valence electrons. The van der Waals surface area contributed by atoms with E-state index in [0.717, 1.165) is 32.0 Å². The third-order valence-corrected chi connectivity index (χ3v) is 4.97. The maximum Gasteiger partial charge on any atom is 0.190 e. The molecule has 1 saturated heterocycles. The summed E-state index contributed by atoms with van der Waals surface area (Å²) in [6, 6.07) is 17.3. The highest BCUT2D eigenvalue weighted by atomic mass is 19.1. The molecule has 0 saturated carbocycles. The molecule has 1 aliphatic rings. The summed E-state index contributed by atoms with van der Waals surface area (Å²) in [6.07, 6.45) is 2.93. The van der Waals surface area contributed by atoms with Crippen molar-refractivity contribution >= 4 is 5.96 Å². The van der Waals surface area contributed by atoms with E-state index in [-0.39, 0.29) is 11.9 Å². The lowest BCUT2D eigenvalue weighted by Gasteiger charge is -2.32. The molecule has 2 unspecified atom stereocenters. The fourth-order valence-corrected chi connectivity index (χ4v) is 3.53. The fourth-order valence-electron chi connectivity index (χ4n) is 3.53. The van der Waals surface area contributed by atoms with Gasteiger partial charge in [0.15, 0.2) is 5.96 Å². The van der Waals surface area contributed by atoms with Gasteiger partial charge < -0.3 is 15.4 Å². The summed E-state index contributed by atoms with van der Waals surface area (Å²) in [5.41, 5.74) is 1.94. The summed E-state index contributed by atoms with van der Waals surface area (Å²) in [5, 5.41) is 6.68. The van der Waals surface area contributed by atoms with Crippen molar-refractivity contribution in [3.8, 4) is 0 Å². The lowest BCUT2D eigenvalue weighted by molar-refractivity contribution is -0.0265. The average molecular weight is 369 g/mol. The Morgan fingerprint density at radius 2 is 1.89 bits per heavy atom. The SMILES string of the molecule is CN=C(NCCc1ccccc1F)NCC1CCCOC1c1ccccc1. The summed E-state index contributed by atoms with van der Waals surface area (Å²) in [6.45, 7) is 2.23. The molecule has 0 aliphatic carbocycles. The van der Waals surface area contributed by atoms with Gasteiger partial charge in [-0.1, -0.05) is 48.5 Å². The second-order valence-electron chi connectivity index (χ2n) is 6.83. The van der Waals surface area contributed by atoms with Gasteiger partial charge >= 0.3 is 0 Å². The first-order chi connectivity index (χ1) is 13.3. The first kappa shape index (κ1) is 19.4. The molecule has 0 spiro atoms. The third-order valence-electron chi connectivity index (χ3n) is 4.97. The van der Waals surface area contributed by atoms with Gasteiger partial charge in [0, 0.05) is 32.7 Å². The quantitative estimate of drug-likeness (QED) is 0.603. The van der Waals surface area contributed by atoms with Crippen LogP contribution < -0.4 is 10.6 Å². The summed E-state index contributed by atoms with van der Waals surface area (Å²) < 4.78 is 19.8. The van der Waals surface area contributed by atoms with Crippen LogP contribution in [0.2, 0.25) is 0 Å². The number of nitrogens with zero attached hydrogens (tertiary/aromatic N) is 1. The Labute approximate surface area is 160 Å². The van der Waals surface area contributed by atoms with Crippen LogP contribution in [0.1, 0.15) is 30.1 Å². The monoisotopic (exact) mass is 369 g/mol. The lowest BCUT2D eigenvalue weighted by Crippen LogP contribution is -2.42. The van der Waals surface area contributed by atoms with Crippen LogP contribution in [-0.4, -0.2) is 32.7 Å². The normalized spacial score (nSPS) is 20.3. The van der Waals surface area contributed by atoms with Crippen LogP contribution >= 0.6 is 0 Å². The predicted octanol–water partition coefficient (Wildman–Crippen LogP) is 3.70. The predicted molar refractivity (Wildman–Crippen MR) is 107 cm³/mol. The molecule has 1 heterocycles. The number of halogens is 1. The molecule has 0 aromatic heterocycles. The average Bonchev–Trinajstić information content (AvgIpc) is 2.72. The molecule has 0 amide bonds. The minimum absolute atomic E-state index is 0.115. The van der Waals surface area contributed by atoms with Crippen LogP contribution in [0.4, 0.5) is 4.39 Å². The Balaban J connectivity index is 1.50. The number of hydrogen-bond acceptors (Lipinski definition) is 2. The molecule has 0 bridgehead atoms. The first-order valence-electron chi connectivity index (χ1n) is 9.62. The summed E-state index contributed by atoms with van der Waals surface area (Å²) in [7, 11) is 1.75. The van der Waals surface area contributed by atoms with E-state index in [1.807, 2.05) is 18.2 Å². The molecule has 5 heteroatoms. The van der Waals surface area contributed by atoms with Crippen LogP contribution in [0.3, 0.4) is 0 Å². The van der Waals surface area contributed by atoms with E-state index in [1.165, 1.54) is 11.6 Å². The highest BCUT2D eigenvalue weighted by molar-refractivity contribution is 5.79. The highest BCUT2D eigenvalue weighted by Gasteiger charge is 2.27. The van der Waals surface area contributed by atoms with Gasteiger partial charge in [-0.25, -0.2) is 4.39 Å². The number of guanidine groups is 1. The molecule has 1 fully saturated rings. The Bertz CT molecular complexity index is 735. The van der Waals surface area contributed by atoms with Crippen LogP contribution in [0, 0.1) is 11.7 Å². The van der Waals surface area contributed by atoms with Gasteiger partial charge in [0.05, 0.1) is 6.10 Å². The van der Waals surface area contributed by atoms with E-state index in [2.05, 4.69) is 39.9 Å². The Morgan fingerprint density at radius 1 is 1.11 bits per heavy atom. The highest BCUT2D eigenvalue weighted by Crippen LogP contribution is 2.32. The summed E-state index contributed by atoms with van der Waals surface area (Å²) in [4.78, 5) is 4.28. The minimum atomic E-state index is -0.160. The van der Waals surface area contributed by atoms with Crippen molar-refractivity contribution in [2.75, 3.05) is 26.7 Å². The Hall–Kier alpha value is -2.40. The second-order valence-corrected chi connectivity index (χ2v) is 6.83. The van der Waals surface area contributed by atoms with E-state index in [1.54, 1.807) is 13.1 Å². The molecular weight excluding hydrogens is 341 g/mol. The fraction of sp³-hybridized carbons (Fsp3) is 0.409. The minimum Gasteiger partial charge on any atom is -0.373 e. The van der Waals surface area contributed by atoms with Crippen molar-refractivity contribution in [1.29, 1.82) is 0 Å². The van der Waals surface area contributed by atoms with Crippen LogP contribution in [0.5, 0.6) is 0 Å². The zero-order valence-corrected chi connectivity index (χ0v) is 15.8. The Morgan fingerprint density at radius 3 is 2.67 bits per heavy atom. The molecule has 3 rings (SSSR count). The van der Waals surface area contributed by atoms with Crippen LogP contribution in [0.25, 0.3) is 0 Å². The number of nitrogens with one attached hydrogen (secondary N) is 2. The number of benzene rings is 2. The molecule has 2 N–H and O–H groups in total. The van der Waals surface area contributed by atoms with E-state index >= 15 is 0 Å². The zero-order valence-electron chi connectivity index (χ0n) is 15.8. The van der Waals surface area contributed by atoms with Gasteiger partial charge in [0.2, 0.25) is 0 Å². The number of ether oxygens (including phenoxy) is 1. The van der Waals surface area contributed by atoms with Crippen molar-refractivity contribution in [2.24, 2.45) is 10.9 Å². The maximum absolute atomic E-state index is 13.7. The lowest BCUT2D eigenvalue weighted by atomic mass is 9.89. The third kappa shape index (κ3) is 5.54. The van der Waals surface area contributed by atoms with Gasteiger partial charge in [-0.2, -0.15) is 0 Å². The standard InChI is InChI=1S/C22H28FN3O/c1-24-22(25-14-13-17-8-5-6-12-20(17)23)26-16-19-11-7-15-27-21(19)18-9-3-2-4-10-18/h2-6,8-10,12,19,21H,7,11,13-16H2,1H3,(H2,24,25,26). The number of aliphatic imine (C=N–C) groups is 1. The van der Waals surface area contributed by atoms with Crippen LogP contribution in [-0.2, 0) is 11.2 Å². The summed E-state index contributed by atoms with van der Waals surface area (Å²) >= 11 is 0. The van der Waals surface area contributed by atoms with Gasteiger partial charge in [0.1, 0.15) is 5.82 Å². The van der Waals surface area contributed by atoms with Gasteiger partial charge in [-0.05, 0) is 36.5 Å². The van der Waals surface area contributed by atoms with Crippen LogP contribution in [0.15, 0.2) is 59.6 Å². The number of hydrogen-bond donors (Lipinski definition) is 2. The molecule has 2 aromatic rings. The van der Waals surface area contributed by atoms with E-state index < -0.39 is 0 Å². The first-order valence-corrected chi connectivity index (χ1v) is 9.62. The summed E-state index contributed by atoms with van der Waals surface area (Å²) in [5.74, 6) is 0.974. The molecular formula is C22H28FN3O. The van der Waals surface area contributed by atoms with E-state index in [9.17, 15) is 4.39 Å². The second kappa shape index (κ2) is 10.1. The van der Waals surface area contributed by atoms with Crippen molar-refractivity contribution < 1.29 is 9.13 Å². The van der Waals surface area contributed by atoms with Crippen molar-refractivity contribution in [1.82, 2.24) is 10.6 Å². The van der Waals surface area contributed by atoms with Crippen molar-refractivity contribution in [2.45, 2.75) is 25.4 Å². The molecule has 1 aliphatic heterocycles. The van der Waals surface area contributed by atoms with E-state index in [0.29, 0.717) is 24.4 Å². The zero-order chi connectivity index (χ0) is 18.9. The topological polar surface area (TPSA) is 45.7 Å². The van der Waals surface area contributed by atoms with Gasteiger partial charge in [0.25, 0.3) is 0 Å². The molecule has 0 radical (unpaired) electrons. The van der Waals surface area contributed by atoms with Crippen molar-refractivity contribution in [3.05, 3.63) is 71.5 Å². The maximum atomic E-state index is 13.7. The molecule has 4 nitrogen and oxygen atoms in total. The van der Waals surface area contributed by atoms with Gasteiger partial charge in [-0.3, -0.25) is 4.99 Å². The van der Waals surface area contributed by atoms with Gasteiger partial charge in [-0.15, -0.1) is 0 Å².